The number of unbranched alkanes of at least 4 members (excludes halogenated alkanes) is 2. The normalized spacial score (nSPS) is 46.1. The zero-order chi connectivity index (χ0) is 74.7. The van der Waals surface area contributed by atoms with Crippen LogP contribution in [0.3, 0.4) is 0 Å². The van der Waals surface area contributed by atoms with Crippen molar-refractivity contribution in [3.63, 3.8) is 0 Å². The van der Waals surface area contributed by atoms with Crippen molar-refractivity contribution in [3.05, 3.63) is 0 Å². The number of amides is 2. The predicted octanol–water partition coefficient (Wildman–Crippen LogP) is -9.98. The molecule has 0 aromatic carbocycles. The van der Waals surface area contributed by atoms with Crippen molar-refractivity contribution < 1.29 is 182 Å². The number of nitrogens with one attached hydrogen (secondary N) is 2. The van der Waals surface area contributed by atoms with Gasteiger partial charge in [0.1, 0.15) is 134 Å². The first-order valence-electron chi connectivity index (χ1n) is 34.3. The first-order valence-corrected chi connectivity index (χ1v) is 34.3. The molecule has 7 heterocycles. The van der Waals surface area contributed by atoms with E-state index in [1.807, 2.05) is 0 Å². The van der Waals surface area contributed by atoms with Crippen LogP contribution in [0.4, 0.5) is 4.39 Å². The van der Waals surface area contributed by atoms with Gasteiger partial charge in [0.2, 0.25) is 17.4 Å². The smallest absolute Gasteiger partial charge is 0.270 e. The number of alkyl halides is 1. The number of rotatable bonds is 31. The number of hydrogen-bond donors (Lipinski definition) is 20. The minimum absolute atomic E-state index is 0.00376. The van der Waals surface area contributed by atoms with Gasteiger partial charge in [-0.15, -0.1) is 0 Å². The molecule has 0 aromatic heterocycles. The molecule has 0 radical (unpaired) electrons. The van der Waals surface area contributed by atoms with Gasteiger partial charge in [0.25, 0.3) is 5.91 Å². The lowest BCUT2D eigenvalue weighted by molar-refractivity contribution is -0.405. The number of aliphatic hydroxyl groups excluding tert-OH is 18. The fourth-order valence-electron chi connectivity index (χ4n) is 13.6. The summed E-state index contributed by atoms with van der Waals surface area (Å²) in [6.07, 6.45) is -55.6. The van der Waals surface area contributed by atoms with E-state index < -0.39 is 284 Å². The maximum atomic E-state index is 15.3. The Kier molecular flexibility index (Phi) is 31.6. The molecule has 20 N–H and O–H groups in total. The van der Waals surface area contributed by atoms with Crippen molar-refractivity contribution in [2.24, 2.45) is 11.8 Å². The van der Waals surface area contributed by atoms with Gasteiger partial charge in [-0.2, -0.15) is 0 Å². The Balaban J connectivity index is 0.934. The van der Waals surface area contributed by atoms with Crippen LogP contribution in [-0.4, -0.2) is 385 Å². The van der Waals surface area contributed by atoms with Gasteiger partial charge in [-0.3, -0.25) is 14.4 Å². The van der Waals surface area contributed by atoms with Gasteiger partial charge in [0.15, 0.2) is 44.0 Å². The zero-order valence-electron chi connectivity index (χ0n) is 56.7. The number of aldehydes is 1. The van der Waals surface area contributed by atoms with E-state index in [4.69, 9.17) is 71.1 Å². The summed E-state index contributed by atoms with van der Waals surface area (Å²) in [7, 11) is 2.33. The van der Waals surface area contributed by atoms with Crippen molar-refractivity contribution in [2.45, 2.75) is 286 Å². The summed E-state index contributed by atoms with van der Waals surface area (Å²) in [6, 6.07) is 0. The molecule has 588 valence electrons. The molecule has 2 amide bonds. The van der Waals surface area contributed by atoms with Gasteiger partial charge in [-0.05, 0) is 25.7 Å². The highest BCUT2D eigenvalue weighted by Gasteiger charge is 2.60. The predicted molar refractivity (Wildman–Crippen MR) is 329 cm³/mol. The second-order valence-electron chi connectivity index (χ2n) is 26.9. The van der Waals surface area contributed by atoms with E-state index in [-0.39, 0.29) is 25.7 Å². The molecule has 7 aliphatic heterocycles. The first-order chi connectivity index (χ1) is 48.6. The van der Waals surface area contributed by atoms with Crippen LogP contribution in [0.1, 0.15) is 78.1 Å². The van der Waals surface area contributed by atoms with Crippen LogP contribution in [0, 0.1) is 23.7 Å². The number of aliphatic hydroxyl groups is 18. The zero-order valence-corrected chi connectivity index (χ0v) is 56.7. The van der Waals surface area contributed by atoms with E-state index in [1.54, 1.807) is 0 Å². The van der Waals surface area contributed by atoms with Crippen LogP contribution in [0.5, 0.6) is 0 Å². The van der Waals surface area contributed by atoms with Gasteiger partial charge in [-0.25, -0.2) is 4.39 Å². The Morgan fingerprint density at radius 1 is 0.539 bits per heavy atom. The average Bonchev–Trinajstić information content (AvgIpc) is 0.767. The molecule has 1 aliphatic carbocycles. The minimum atomic E-state index is -2.59. The topological polar surface area (TPSA) is 578 Å². The number of halogens is 1. The van der Waals surface area contributed by atoms with Crippen molar-refractivity contribution in [3.8, 4) is 11.8 Å². The van der Waals surface area contributed by atoms with Crippen LogP contribution in [0.2, 0.25) is 0 Å². The summed E-state index contributed by atoms with van der Waals surface area (Å²) in [5.74, 6) is -0.702. The largest absolute Gasteiger partial charge is 0.394 e. The minimum Gasteiger partial charge on any atom is -0.394 e. The lowest BCUT2D eigenvalue weighted by Gasteiger charge is -2.51. The average molecular weight is 1480 g/mol. The molecule has 36 atom stereocenters. The molecule has 8 rings (SSSR count). The van der Waals surface area contributed by atoms with Gasteiger partial charge >= 0.3 is 0 Å². The highest BCUT2D eigenvalue weighted by molar-refractivity contribution is 5.88. The quantitative estimate of drug-likeness (QED) is 0.0174. The second kappa shape index (κ2) is 38.2. The monoisotopic (exact) mass is 1480 g/mol. The molecule has 0 bridgehead atoms. The van der Waals surface area contributed by atoms with E-state index in [2.05, 4.69) is 22.5 Å². The highest BCUT2D eigenvalue weighted by Crippen LogP contribution is 2.42. The molecule has 0 saturated carbocycles. The molecular formula is C63H103FN2O36. The van der Waals surface area contributed by atoms with Crippen molar-refractivity contribution in [1.82, 2.24) is 10.6 Å². The molecule has 0 spiro atoms. The molecule has 7 fully saturated rings. The Hall–Kier alpha value is -3.22. The molecule has 15 unspecified atom stereocenters. The number of hydrogen-bond acceptors (Lipinski definition) is 36. The van der Waals surface area contributed by atoms with Gasteiger partial charge in [0, 0.05) is 64.8 Å². The molecule has 8 aliphatic rings. The van der Waals surface area contributed by atoms with Gasteiger partial charge < -0.3 is 174 Å². The number of carbonyl (C=O) groups is 3. The highest BCUT2D eigenvalue weighted by atomic mass is 19.1. The molecule has 7 saturated heterocycles. The van der Waals surface area contributed by atoms with Gasteiger partial charge in [-0.1, -0.05) is 38.5 Å². The fourth-order valence-corrected chi connectivity index (χ4v) is 13.6. The van der Waals surface area contributed by atoms with E-state index in [0.717, 1.165) is 20.0 Å². The van der Waals surface area contributed by atoms with E-state index in [9.17, 15) is 106 Å². The van der Waals surface area contributed by atoms with Crippen LogP contribution in [-0.2, 0) is 85.4 Å². The molecule has 102 heavy (non-hydrogen) atoms. The Morgan fingerprint density at radius 2 is 1.07 bits per heavy atom. The number of methoxy groups -OCH3 is 2. The third-order valence-corrected chi connectivity index (χ3v) is 19.9. The van der Waals surface area contributed by atoms with Gasteiger partial charge in [0.05, 0.1) is 64.1 Å². The van der Waals surface area contributed by atoms with Crippen LogP contribution < -0.4 is 10.6 Å². The van der Waals surface area contributed by atoms with Crippen LogP contribution >= 0.6 is 0 Å². The van der Waals surface area contributed by atoms with Crippen LogP contribution in [0.25, 0.3) is 0 Å². The second-order valence-corrected chi connectivity index (χ2v) is 26.9. The van der Waals surface area contributed by atoms with Crippen molar-refractivity contribution in [1.29, 1.82) is 0 Å². The molecule has 39 heteroatoms. The summed E-state index contributed by atoms with van der Waals surface area (Å²) < 4.78 is 103. The summed E-state index contributed by atoms with van der Waals surface area (Å²) in [5.41, 5.74) is -2.27. The summed E-state index contributed by atoms with van der Waals surface area (Å²) >= 11 is 0. The number of ether oxygens (including phenoxy) is 15. The Bertz CT molecular complexity index is 2660. The fraction of sp³-hybridized carbons (Fsp3) is 0.921. The van der Waals surface area contributed by atoms with E-state index in [0.29, 0.717) is 32.1 Å². The maximum absolute atomic E-state index is 15.3. The van der Waals surface area contributed by atoms with E-state index >= 15 is 4.39 Å². The van der Waals surface area contributed by atoms with Crippen molar-refractivity contribution in [2.75, 3.05) is 67.0 Å². The summed E-state index contributed by atoms with van der Waals surface area (Å²) in [5, 5.41) is 205. The maximum Gasteiger partial charge on any atom is 0.270 e. The molecule has 38 nitrogen and oxygen atoms in total. The lowest BCUT2D eigenvalue weighted by Crippen LogP contribution is -2.69. The standard InChI is InChI=1S/C63H103FN2O36/c1-26-28(73)17-63(25-72,101-48(26)29(74)18-66-36(75)13-9-8-12-16-65-61(87)62(64)14-10-6-5-7-11-15-62)102-53-40(79)32(21-69)93-60(89-4)54(53)100-58-46(85)51(39(78)31(20-68)92-58)99-57-45(84)43(82)50(34(23-71)95-57)97-59-47(86)52(98-55-27(2)37(76)49(88-3)33(22-70)94-55)41(80)35(96-59)24-90-56-44(83)42(81)38(77)30(19-67)91-56/h25-35,37-60,67-71,73-74,76-86H,5-10,12-14,16-24H2,1-4H3,(H,65,87)(H,66,75)/t26-,27-,28+,29?,30?,31?,32?,33?,34?,35?,37?,38-,39+,40-,41-,42-,43?,44?,45-,46-,47-,48?,49+,50+,51?,52?,53-,54?,55-,56+,57-,58-,59-,60+,62?,63+/m0/s1. The third-order valence-electron chi connectivity index (χ3n) is 19.9. The molecule has 0 aromatic rings. The number of carbonyl (C=O) groups excluding carboxylic acids is 3. The summed E-state index contributed by atoms with van der Waals surface area (Å²) in [4.78, 5) is 38.9. The van der Waals surface area contributed by atoms with Crippen molar-refractivity contribution >= 4 is 18.1 Å². The first kappa shape index (κ1) is 84.4. The third kappa shape index (κ3) is 19.4. The molecular weight excluding hydrogens is 1380 g/mol. The Labute approximate surface area is 585 Å². The van der Waals surface area contributed by atoms with Crippen LogP contribution in [0.15, 0.2) is 0 Å². The Morgan fingerprint density at radius 3 is 1.70 bits per heavy atom. The lowest BCUT2D eigenvalue weighted by atomic mass is 9.86. The SMILES string of the molecule is CO[C@@H]1OC(CO)[C@H](O)[C@H](O[C@@]2(C=O)C[C@@H](O)[C@H](C)C(C(O)CNC(=O)CCCCCNC(=O)C3(F)C#CCCCCC3)O2)C1O[C@@H]1OC(CO)[C@@H](O)C(O[C@@H]2OC(CO)[C@@H](O[C@@H]3OC(CO[C@@H]4OC(CO)[C@H](O)[C@H](O)C4O)[C@H](O)C(O[C@@H]4OC(CO)[C@@H](OC)C(O)[C@@H]4C)[C@@H]3O)C(O)[C@@H]2O)[C@@H]1O. The summed E-state index contributed by atoms with van der Waals surface area (Å²) in [6.45, 7) is -2.90. The van der Waals surface area contributed by atoms with E-state index in [1.165, 1.54) is 21.0 Å².